The van der Waals surface area contributed by atoms with Crippen LogP contribution >= 0.6 is 11.9 Å². The molecule has 0 saturated carbocycles. The second-order valence-electron chi connectivity index (χ2n) is 9.12. The summed E-state index contributed by atoms with van der Waals surface area (Å²) in [4.78, 5) is 18.6. The number of nitrogens with zero attached hydrogens (tertiary/aromatic N) is 6. The zero-order valence-electron chi connectivity index (χ0n) is 20.0. The van der Waals surface area contributed by atoms with Gasteiger partial charge < -0.3 is 15.8 Å². The Kier molecular flexibility index (Phi) is 6.07. The first kappa shape index (κ1) is 22.9. The van der Waals surface area contributed by atoms with Gasteiger partial charge >= 0.3 is 0 Å². The number of aryl methyl sites for hydroxylation is 1. The van der Waals surface area contributed by atoms with Crippen LogP contribution in [0, 0.1) is 13.8 Å². The molecule has 0 bridgehead atoms. The Labute approximate surface area is 203 Å². The van der Waals surface area contributed by atoms with E-state index < -0.39 is 0 Å². The van der Waals surface area contributed by atoms with Crippen LogP contribution in [0.25, 0.3) is 0 Å². The summed E-state index contributed by atoms with van der Waals surface area (Å²) in [7, 11) is 1.67. The number of amidine groups is 1. The maximum Gasteiger partial charge on any atom is 0.217 e. The average Bonchev–Trinajstić information content (AvgIpc) is 3.35. The van der Waals surface area contributed by atoms with Crippen molar-refractivity contribution in [2.45, 2.75) is 52.2 Å². The third-order valence-electron chi connectivity index (χ3n) is 6.82. The van der Waals surface area contributed by atoms with E-state index in [1.165, 1.54) is 17.5 Å². The lowest BCUT2D eigenvalue weighted by Crippen LogP contribution is -2.39. The maximum atomic E-state index is 11.5. The molecule has 180 valence electrons. The van der Waals surface area contributed by atoms with Crippen LogP contribution in [-0.2, 0) is 11.3 Å². The zero-order valence-corrected chi connectivity index (χ0v) is 20.8. The van der Waals surface area contributed by atoms with Gasteiger partial charge in [-0.1, -0.05) is 0 Å². The van der Waals surface area contributed by atoms with Gasteiger partial charge in [0.25, 0.3) is 0 Å². The molecule has 5 rings (SSSR count). The molecule has 1 aliphatic carbocycles. The molecule has 1 aromatic rings. The molecule has 10 nitrogen and oxygen atoms in total. The monoisotopic (exact) mass is 482 g/mol. The van der Waals surface area contributed by atoms with Gasteiger partial charge in [0, 0.05) is 67.2 Å². The van der Waals surface area contributed by atoms with Gasteiger partial charge in [0.1, 0.15) is 18.0 Å². The zero-order chi connectivity index (χ0) is 24.0. The molecule has 11 heteroatoms. The number of carbonyl (C=O) groups excluding carboxylic acids is 1. The van der Waals surface area contributed by atoms with Gasteiger partial charge in [-0.05, 0) is 37.8 Å². The number of hydrazone groups is 2. The van der Waals surface area contributed by atoms with Crippen LogP contribution in [0.2, 0.25) is 0 Å². The van der Waals surface area contributed by atoms with E-state index in [9.17, 15) is 4.79 Å². The van der Waals surface area contributed by atoms with Crippen molar-refractivity contribution in [3.05, 3.63) is 34.2 Å². The van der Waals surface area contributed by atoms with Crippen molar-refractivity contribution in [3.8, 4) is 5.75 Å². The minimum atomic E-state index is 0.0197. The van der Waals surface area contributed by atoms with Crippen molar-refractivity contribution in [1.29, 1.82) is 0 Å². The molecule has 34 heavy (non-hydrogen) atoms. The maximum absolute atomic E-state index is 11.5. The van der Waals surface area contributed by atoms with Crippen LogP contribution in [0.3, 0.4) is 0 Å². The molecule has 1 saturated heterocycles. The lowest BCUT2D eigenvalue weighted by Gasteiger charge is -2.26. The molecular weight excluding hydrogens is 452 g/mol. The summed E-state index contributed by atoms with van der Waals surface area (Å²) in [6, 6.07) is 0.396. The van der Waals surface area contributed by atoms with Gasteiger partial charge in [-0.15, -0.1) is 0 Å². The second kappa shape index (κ2) is 9.03. The van der Waals surface area contributed by atoms with E-state index in [1.807, 2.05) is 20.0 Å². The predicted molar refractivity (Wildman–Crippen MR) is 134 cm³/mol. The van der Waals surface area contributed by atoms with Crippen LogP contribution in [-0.4, -0.2) is 76.2 Å². The molecule has 3 N–H and O–H groups in total. The van der Waals surface area contributed by atoms with Crippen LogP contribution in [0.1, 0.15) is 36.6 Å². The molecule has 4 aliphatic rings. The SMILES string of the molecule is COc1c(C)cnc(CN2N=C3CC(N4CC[C@H](NC(C)=O)C4)C4=C3C(=N2)C(N)=NSC4)c1C. The molecule has 0 aromatic carbocycles. The summed E-state index contributed by atoms with van der Waals surface area (Å²) in [5, 5.41) is 14.5. The third kappa shape index (κ3) is 4.07. The quantitative estimate of drug-likeness (QED) is 0.611. The van der Waals surface area contributed by atoms with Crippen molar-refractivity contribution in [2.75, 3.05) is 26.0 Å². The number of ether oxygens (including phenoxy) is 1. The van der Waals surface area contributed by atoms with E-state index >= 15 is 0 Å². The highest BCUT2D eigenvalue weighted by Gasteiger charge is 2.42. The number of methoxy groups -OCH3 is 1. The number of carbonyl (C=O) groups is 1. The topological polar surface area (TPSA) is 121 Å². The fourth-order valence-electron chi connectivity index (χ4n) is 5.29. The van der Waals surface area contributed by atoms with Crippen molar-refractivity contribution in [1.82, 2.24) is 20.3 Å². The molecule has 1 amide bonds. The Balaban J connectivity index is 1.44. The highest BCUT2D eigenvalue weighted by atomic mass is 32.2. The van der Waals surface area contributed by atoms with Gasteiger partial charge in [0.15, 0.2) is 5.84 Å². The van der Waals surface area contributed by atoms with E-state index in [2.05, 4.69) is 19.6 Å². The lowest BCUT2D eigenvalue weighted by molar-refractivity contribution is -0.119. The number of hydrogen-bond donors (Lipinski definition) is 2. The molecular formula is C23H30N8O2S. The van der Waals surface area contributed by atoms with Crippen molar-refractivity contribution < 1.29 is 9.53 Å². The number of amides is 1. The molecule has 0 radical (unpaired) electrons. The lowest BCUT2D eigenvalue weighted by atomic mass is 10.0. The smallest absolute Gasteiger partial charge is 0.217 e. The van der Waals surface area contributed by atoms with E-state index in [0.717, 1.165) is 65.5 Å². The first-order valence-corrected chi connectivity index (χ1v) is 12.4. The van der Waals surface area contributed by atoms with Crippen molar-refractivity contribution in [2.24, 2.45) is 20.3 Å². The number of nitrogens with two attached hydrogens (primary N) is 1. The van der Waals surface area contributed by atoms with E-state index in [1.54, 1.807) is 19.2 Å². The van der Waals surface area contributed by atoms with E-state index in [4.69, 9.17) is 20.7 Å². The van der Waals surface area contributed by atoms with Crippen molar-refractivity contribution >= 4 is 35.1 Å². The largest absolute Gasteiger partial charge is 0.496 e. The molecule has 1 fully saturated rings. The molecule has 4 heterocycles. The van der Waals surface area contributed by atoms with Gasteiger partial charge in [-0.3, -0.25) is 14.7 Å². The predicted octanol–water partition coefficient (Wildman–Crippen LogP) is 1.53. The van der Waals surface area contributed by atoms with Crippen molar-refractivity contribution in [3.63, 3.8) is 0 Å². The number of rotatable bonds is 5. The van der Waals surface area contributed by atoms with Gasteiger partial charge in [-0.2, -0.15) is 19.7 Å². The highest BCUT2D eigenvalue weighted by Crippen LogP contribution is 2.38. The summed E-state index contributed by atoms with van der Waals surface area (Å²) in [6.45, 7) is 7.74. The van der Waals surface area contributed by atoms with Gasteiger partial charge in [0.05, 0.1) is 18.5 Å². The first-order chi connectivity index (χ1) is 16.4. The normalized spacial score (nSPS) is 24.4. The summed E-state index contributed by atoms with van der Waals surface area (Å²) < 4.78 is 10.1. The van der Waals surface area contributed by atoms with Crippen LogP contribution in [0.4, 0.5) is 0 Å². The number of aromatic nitrogens is 1. The molecule has 3 aliphatic heterocycles. The molecule has 1 aromatic heterocycles. The summed E-state index contributed by atoms with van der Waals surface area (Å²) in [6.07, 6.45) is 3.56. The van der Waals surface area contributed by atoms with E-state index in [-0.39, 0.29) is 18.0 Å². The standard InChI is InChI=1S/C23H30N8O2S/c1-12-8-25-18(13(2)22(12)33-4)10-31-27-17-7-19(30-6-5-15(9-30)26-14(3)32)16-11-34-29-23(24)21(28-31)20(16)17/h8,15,19H,5-7,9-11H2,1-4H3,(H2,24,29)(H,26,32)/t15-,19?/m0/s1. The average molecular weight is 483 g/mol. The first-order valence-electron chi connectivity index (χ1n) is 11.5. The van der Waals surface area contributed by atoms with Gasteiger partial charge in [-0.25, -0.2) is 0 Å². The Hall–Kier alpha value is -2.92. The molecule has 2 atom stereocenters. The number of pyridine rings is 1. The van der Waals surface area contributed by atoms with Gasteiger partial charge in [0.2, 0.25) is 5.91 Å². The number of nitrogens with one attached hydrogen (secondary N) is 1. The Morgan fingerprint density at radius 2 is 2.18 bits per heavy atom. The Morgan fingerprint density at radius 3 is 2.94 bits per heavy atom. The highest BCUT2D eigenvalue weighted by molar-refractivity contribution is 7.98. The van der Waals surface area contributed by atoms with Crippen LogP contribution in [0.15, 0.2) is 31.9 Å². The molecule has 0 spiro atoms. The van der Waals surface area contributed by atoms with E-state index in [0.29, 0.717) is 18.1 Å². The third-order valence-corrected chi connectivity index (χ3v) is 7.59. The summed E-state index contributed by atoms with van der Waals surface area (Å²) in [5.41, 5.74) is 13.2. The minimum Gasteiger partial charge on any atom is -0.496 e. The minimum absolute atomic E-state index is 0.0197. The number of hydrogen-bond acceptors (Lipinski definition) is 10. The Bertz CT molecular complexity index is 1160. The second-order valence-corrected chi connectivity index (χ2v) is 9.85. The number of likely N-dealkylation sites (tertiary alicyclic amines) is 1. The fraction of sp³-hybridized carbons (Fsp3) is 0.522. The molecule has 1 unspecified atom stereocenters. The summed E-state index contributed by atoms with van der Waals surface area (Å²) >= 11 is 1.46. The fourth-order valence-corrected chi connectivity index (χ4v) is 6.06. The Morgan fingerprint density at radius 1 is 1.35 bits per heavy atom. The van der Waals surface area contributed by atoms with Crippen LogP contribution < -0.4 is 15.8 Å². The summed E-state index contributed by atoms with van der Waals surface area (Å²) in [5.74, 6) is 2.04. The van der Waals surface area contributed by atoms with Crippen LogP contribution in [0.5, 0.6) is 5.75 Å².